The molecule has 100 valence electrons. The molecule has 0 saturated heterocycles. The Morgan fingerprint density at radius 3 is 2.28 bits per heavy atom. The summed E-state index contributed by atoms with van der Waals surface area (Å²) in [5.74, 6) is 0. The molecule has 0 atom stereocenters. The van der Waals surface area contributed by atoms with Gasteiger partial charge in [0.15, 0.2) is 0 Å². The molecule has 1 heterocycles. The van der Waals surface area contributed by atoms with Gasteiger partial charge in [0.1, 0.15) is 0 Å². The van der Waals surface area contributed by atoms with Crippen LogP contribution in [0.1, 0.15) is 0 Å². The number of allylic oxidation sites excluding steroid dienone is 4. The Morgan fingerprint density at radius 2 is 1.78 bits per heavy atom. The highest BCUT2D eigenvalue weighted by molar-refractivity contribution is 7.84. The number of hydrogen-bond donors (Lipinski definition) is 6. The standard InChI is InChI=1S/C8H11NO6P2S/c10-16(11,12)8(17(13,14)15)2-1-5-3-7(18)9-4-6(5)8/h1-3,9,18H,4H2,(H2,10,11,12)(H2,13,14,15). The van der Waals surface area contributed by atoms with Crippen LogP contribution in [0.5, 0.6) is 0 Å². The lowest BCUT2D eigenvalue weighted by atomic mass is 10.1. The molecular weight excluding hydrogens is 300 g/mol. The molecule has 18 heavy (non-hydrogen) atoms. The summed E-state index contributed by atoms with van der Waals surface area (Å²) in [6, 6.07) is 0. The average molecular weight is 311 g/mol. The molecule has 2 aliphatic rings. The lowest BCUT2D eigenvalue weighted by molar-refractivity contribution is 0.330. The van der Waals surface area contributed by atoms with Crippen LogP contribution in [-0.4, -0.2) is 31.0 Å². The minimum atomic E-state index is -5.08. The van der Waals surface area contributed by atoms with E-state index >= 15 is 0 Å². The molecule has 2 rings (SSSR count). The molecule has 7 nitrogen and oxygen atoms in total. The predicted octanol–water partition coefficient (Wildman–Crippen LogP) is 0.279. The Hall–Kier alpha value is -0.330. The fourth-order valence-corrected chi connectivity index (χ4v) is 5.31. The maximum Gasteiger partial charge on any atom is 0.351 e. The first kappa shape index (κ1) is 14.1. The molecule has 0 amide bonds. The number of hydrogen-bond acceptors (Lipinski definition) is 4. The lowest BCUT2D eigenvalue weighted by Crippen LogP contribution is -2.34. The van der Waals surface area contributed by atoms with Crippen molar-refractivity contribution in [3.63, 3.8) is 0 Å². The van der Waals surface area contributed by atoms with Crippen molar-refractivity contribution in [2.24, 2.45) is 0 Å². The van der Waals surface area contributed by atoms with Crippen molar-refractivity contribution < 1.29 is 28.7 Å². The van der Waals surface area contributed by atoms with Crippen LogP contribution in [0.4, 0.5) is 0 Å². The maximum absolute atomic E-state index is 11.6. The highest BCUT2D eigenvalue weighted by atomic mass is 32.1. The van der Waals surface area contributed by atoms with Crippen LogP contribution in [0.2, 0.25) is 0 Å². The van der Waals surface area contributed by atoms with Crippen molar-refractivity contribution in [2.75, 3.05) is 6.54 Å². The topological polar surface area (TPSA) is 127 Å². The van der Waals surface area contributed by atoms with Crippen LogP contribution in [0, 0.1) is 0 Å². The summed E-state index contributed by atoms with van der Waals surface area (Å²) in [5, 5.41) is 3.16. The van der Waals surface area contributed by atoms with E-state index in [1.165, 1.54) is 12.2 Å². The second kappa shape index (κ2) is 4.08. The van der Waals surface area contributed by atoms with E-state index < -0.39 is 20.1 Å². The number of thiol groups is 1. The summed E-state index contributed by atoms with van der Waals surface area (Å²) >= 11 is 4.04. The van der Waals surface area contributed by atoms with Gasteiger partial charge in [-0.1, -0.05) is 6.08 Å². The highest BCUT2D eigenvalue weighted by Crippen LogP contribution is 2.74. The van der Waals surface area contributed by atoms with Gasteiger partial charge in [-0.05, 0) is 23.3 Å². The lowest BCUT2D eigenvalue weighted by Gasteiger charge is -2.33. The van der Waals surface area contributed by atoms with E-state index in [2.05, 4.69) is 17.9 Å². The zero-order chi connectivity index (χ0) is 13.8. The van der Waals surface area contributed by atoms with Gasteiger partial charge >= 0.3 is 15.2 Å². The third kappa shape index (κ3) is 1.85. The van der Waals surface area contributed by atoms with Gasteiger partial charge in [-0.15, -0.1) is 12.6 Å². The average Bonchev–Trinajstić information content (AvgIpc) is 2.54. The van der Waals surface area contributed by atoms with E-state index in [-0.39, 0.29) is 12.1 Å². The Kier molecular flexibility index (Phi) is 3.19. The van der Waals surface area contributed by atoms with E-state index in [0.717, 1.165) is 6.08 Å². The molecule has 10 heteroatoms. The van der Waals surface area contributed by atoms with Crippen molar-refractivity contribution in [1.82, 2.24) is 5.32 Å². The van der Waals surface area contributed by atoms with Crippen LogP contribution in [0.3, 0.4) is 0 Å². The molecule has 0 radical (unpaired) electrons. The minimum Gasteiger partial charge on any atom is -0.376 e. The van der Waals surface area contributed by atoms with Gasteiger partial charge in [-0.3, -0.25) is 9.13 Å². The van der Waals surface area contributed by atoms with E-state index in [9.17, 15) is 28.7 Å². The minimum absolute atomic E-state index is 0.0121. The summed E-state index contributed by atoms with van der Waals surface area (Å²) in [4.78, 5) is 34.9. The van der Waals surface area contributed by atoms with Crippen LogP contribution in [-0.2, 0) is 9.13 Å². The first-order chi connectivity index (χ1) is 8.09. The number of dihydropyridines is 1. The molecule has 0 aromatic rings. The quantitative estimate of drug-likeness (QED) is 0.319. The van der Waals surface area contributed by atoms with E-state index in [4.69, 9.17) is 0 Å². The smallest absolute Gasteiger partial charge is 0.351 e. The summed E-state index contributed by atoms with van der Waals surface area (Å²) in [5.41, 5.74) is 0.354. The normalized spacial score (nSPS) is 22.6. The molecule has 0 saturated carbocycles. The molecule has 5 N–H and O–H groups in total. The Balaban J connectivity index is 2.72. The van der Waals surface area contributed by atoms with Crippen molar-refractivity contribution in [1.29, 1.82) is 0 Å². The largest absolute Gasteiger partial charge is 0.376 e. The van der Waals surface area contributed by atoms with Crippen LogP contribution in [0.15, 0.2) is 34.4 Å². The van der Waals surface area contributed by atoms with Crippen LogP contribution < -0.4 is 5.32 Å². The second-order valence-electron chi connectivity index (χ2n) is 3.96. The Morgan fingerprint density at radius 1 is 1.22 bits per heavy atom. The number of nitrogens with one attached hydrogen (secondary N) is 1. The third-order valence-corrected chi connectivity index (χ3v) is 7.38. The summed E-state index contributed by atoms with van der Waals surface area (Å²) in [6.07, 6.45) is 3.65. The first-order valence-corrected chi connectivity index (χ1v) is 8.45. The molecule has 0 fully saturated rings. The predicted molar refractivity (Wildman–Crippen MR) is 68.1 cm³/mol. The van der Waals surface area contributed by atoms with Gasteiger partial charge in [-0.2, -0.15) is 0 Å². The molecule has 0 aromatic heterocycles. The van der Waals surface area contributed by atoms with Gasteiger partial charge in [0.2, 0.25) is 4.90 Å². The molecule has 0 unspecified atom stereocenters. The van der Waals surface area contributed by atoms with Gasteiger partial charge in [0.25, 0.3) is 0 Å². The summed E-state index contributed by atoms with van der Waals surface area (Å²) < 4.78 is 23.2. The van der Waals surface area contributed by atoms with Crippen LogP contribution >= 0.6 is 27.8 Å². The van der Waals surface area contributed by atoms with E-state index in [1.54, 1.807) is 0 Å². The van der Waals surface area contributed by atoms with E-state index in [1.807, 2.05) is 0 Å². The van der Waals surface area contributed by atoms with Crippen molar-refractivity contribution >= 4 is 27.8 Å². The second-order valence-corrected chi connectivity index (χ2v) is 8.39. The van der Waals surface area contributed by atoms with Gasteiger partial charge < -0.3 is 24.9 Å². The zero-order valence-electron chi connectivity index (χ0n) is 8.89. The fraction of sp³-hybridized carbons (Fsp3) is 0.250. The third-order valence-electron chi connectivity index (χ3n) is 2.91. The molecule has 0 spiro atoms. The van der Waals surface area contributed by atoms with Crippen molar-refractivity contribution in [3.8, 4) is 0 Å². The zero-order valence-corrected chi connectivity index (χ0v) is 11.6. The highest BCUT2D eigenvalue weighted by Gasteiger charge is 2.63. The fourth-order valence-electron chi connectivity index (χ4n) is 2.08. The summed E-state index contributed by atoms with van der Waals surface area (Å²) in [6.45, 7) is -0.0755. The van der Waals surface area contributed by atoms with E-state index in [0.29, 0.717) is 10.6 Å². The van der Waals surface area contributed by atoms with Crippen molar-refractivity contribution in [3.05, 3.63) is 34.4 Å². The molecule has 1 aliphatic carbocycles. The molecule has 0 bridgehead atoms. The monoisotopic (exact) mass is 311 g/mol. The van der Waals surface area contributed by atoms with Gasteiger partial charge in [-0.25, -0.2) is 0 Å². The number of rotatable bonds is 2. The van der Waals surface area contributed by atoms with Gasteiger partial charge in [0, 0.05) is 6.54 Å². The maximum atomic E-state index is 11.6. The van der Waals surface area contributed by atoms with Crippen LogP contribution in [0.25, 0.3) is 0 Å². The van der Waals surface area contributed by atoms with Crippen molar-refractivity contribution in [2.45, 2.75) is 4.90 Å². The summed E-state index contributed by atoms with van der Waals surface area (Å²) in [7, 11) is -10.2. The van der Waals surface area contributed by atoms with Gasteiger partial charge in [0.05, 0.1) is 5.03 Å². The first-order valence-electron chi connectivity index (χ1n) is 4.78. The molecule has 1 aliphatic heterocycles. The Bertz CT molecular complexity index is 560. The SMILES string of the molecule is O=P(O)(O)C1(P(=O)(O)O)C=CC2=C1CNC(S)=C2. The Labute approximate surface area is 108 Å². The molecular formula is C8H11NO6P2S. The molecule has 0 aromatic carbocycles.